The molecule has 1 aromatic carbocycles. The van der Waals surface area contributed by atoms with Crippen molar-refractivity contribution >= 4 is 37.5 Å². The Kier molecular flexibility index (Phi) is 4.99. The van der Waals surface area contributed by atoms with Gasteiger partial charge in [0.25, 0.3) is 0 Å². The van der Waals surface area contributed by atoms with Gasteiger partial charge in [-0.1, -0.05) is 0 Å². The van der Waals surface area contributed by atoms with Gasteiger partial charge in [0.15, 0.2) is 0 Å². The van der Waals surface area contributed by atoms with Crippen molar-refractivity contribution in [2.24, 2.45) is 4.99 Å². The van der Waals surface area contributed by atoms with Crippen LogP contribution in [-0.4, -0.2) is 27.4 Å². The number of benzene rings is 1. The van der Waals surface area contributed by atoms with E-state index in [4.69, 9.17) is 9.15 Å². The van der Waals surface area contributed by atoms with Gasteiger partial charge in [-0.25, -0.2) is 0 Å². The molecule has 5 heteroatoms. The molecule has 0 bridgehead atoms. The number of aryl methyl sites for hydroxylation is 1. The number of unbranched alkanes of at least 4 members (excludes halogenated alkanes) is 1. The molecular formula is C15H16NO3Se. The van der Waals surface area contributed by atoms with Crippen LogP contribution in [0.3, 0.4) is 0 Å². The van der Waals surface area contributed by atoms with Gasteiger partial charge in [-0.15, -0.1) is 0 Å². The molecule has 0 amide bonds. The number of hydrogen-bond donors (Lipinski definition) is 0. The molecular weight excluding hydrogens is 321 g/mol. The van der Waals surface area contributed by atoms with E-state index in [0.717, 1.165) is 23.8 Å². The predicted molar refractivity (Wildman–Crippen MR) is 80.9 cm³/mol. The van der Waals surface area contributed by atoms with E-state index in [9.17, 15) is 4.79 Å². The van der Waals surface area contributed by atoms with E-state index in [1.54, 1.807) is 6.07 Å². The molecule has 0 unspecified atom stereocenters. The fraction of sp³-hybridized carbons (Fsp3) is 0.333. The Hall–Kier alpha value is -1.58. The summed E-state index contributed by atoms with van der Waals surface area (Å²) in [6.07, 6.45) is 2.07. The summed E-state index contributed by atoms with van der Waals surface area (Å²) < 4.78 is 10.6. The molecule has 2 aromatic rings. The van der Waals surface area contributed by atoms with Crippen LogP contribution in [0.25, 0.3) is 11.0 Å². The Morgan fingerprint density at radius 1 is 1.40 bits per heavy atom. The summed E-state index contributed by atoms with van der Waals surface area (Å²) in [5.74, 6) is 0. The minimum atomic E-state index is -0.349. The van der Waals surface area contributed by atoms with E-state index in [2.05, 4.69) is 27.9 Å². The summed E-state index contributed by atoms with van der Waals surface area (Å²) >= 11 is 2.79. The Bertz CT molecular complexity index is 691. The molecule has 0 spiro atoms. The third-order valence-electron chi connectivity index (χ3n) is 2.88. The molecule has 0 N–H and O–H groups in total. The molecule has 0 fully saturated rings. The number of fused-ring (bicyclic) bond motifs is 1. The Morgan fingerprint density at radius 2 is 2.20 bits per heavy atom. The number of ether oxygens (including phenoxy) is 1. The zero-order valence-electron chi connectivity index (χ0n) is 11.5. The van der Waals surface area contributed by atoms with Gasteiger partial charge in [0, 0.05) is 0 Å². The average molecular weight is 337 g/mol. The summed E-state index contributed by atoms with van der Waals surface area (Å²) in [5.41, 5.74) is 1.78. The van der Waals surface area contributed by atoms with E-state index in [1.807, 2.05) is 19.1 Å². The number of nitrogens with zero attached hydrogens (tertiary/aromatic N) is 1. The van der Waals surface area contributed by atoms with Crippen molar-refractivity contribution < 1.29 is 9.15 Å². The van der Waals surface area contributed by atoms with Gasteiger partial charge >= 0.3 is 125 Å². The third kappa shape index (κ3) is 3.71. The van der Waals surface area contributed by atoms with Crippen LogP contribution in [0.15, 0.2) is 38.5 Å². The van der Waals surface area contributed by atoms with E-state index >= 15 is 0 Å². The van der Waals surface area contributed by atoms with Crippen LogP contribution in [-0.2, 0) is 4.74 Å². The zero-order chi connectivity index (χ0) is 14.5. The summed E-state index contributed by atoms with van der Waals surface area (Å²) in [7, 11) is 0. The van der Waals surface area contributed by atoms with Crippen LogP contribution < -0.4 is 5.63 Å². The predicted octanol–water partition coefficient (Wildman–Crippen LogP) is 3.07. The van der Waals surface area contributed by atoms with Gasteiger partial charge in [0.1, 0.15) is 0 Å². The molecule has 2 rings (SSSR count). The van der Waals surface area contributed by atoms with Gasteiger partial charge < -0.3 is 0 Å². The van der Waals surface area contributed by atoms with Gasteiger partial charge in [-0.2, -0.15) is 0 Å². The first kappa shape index (κ1) is 14.8. The van der Waals surface area contributed by atoms with Crippen LogP contribution in [0.4, 0.5) is 5.69 Å². The summed E-state index contributed by atoms with van der Waals surface area (Å²) in [4.78, 5) is 16.2. The standard InChI is InChI=1S/C15H16NO3Se/c1-3-4-7-18-15(20)16-11-5-6-12-10(2)8-14(17)19-13(12)9-11/h5-6,8-9H,3-4,7H2,1-2H3. The number of aliphatic imine (C=N–C) groups is 1. The molecule has 20 heavy (non-hydrogen) atoms. The van der Waals surface area contributed by atoms with Gasteiger partial charge in [0.05, 0.1) is 0 Å². The maximum absolute atomic E-state index is 11.4. The molecule has 0 aliphatic carbocycles. The molecule has 0 saturated heterocycles. The van der Waals surface area contributed by atoms with Crippen molar-refractivity contribution in [1.29, 1.82) is 0 Å². The van der Waals surface area contributed by atoms with Gasteiger partial charge in [-0.3, -0.25) is 0 Å². The summed E-state index contributed by atoms with van der Waals surface area (Å²) in [5, 5.41) is 0.914. The Balaban J connectivity index is 2.27. The van der Waals surface area contributed by atoms with E-state index < -0.39 is 0 Å². The molecule has 0 atom stereocenters. The van der Waals surface area contributed by atoms with Crippen LogP contribution in [0.2, 0.25) is 0 Å². The molecule has 0 saturated carbocycles. The third-order valence-corrected chi connectivity index (χ3v) is 3.32. The van der Waals surface area contributed by atoms with Crippen LogP contribution in [0.5, 0.6) is 0 Å². The molecule has 0 aliphatic heterocycles. The topological polar surface area (TPSA) is 51.8 Å². The fourth-order valence-electron chi connectivity index (χ4n) is 1.82. The molecule has 1 heterocycles. The van der Waals surface area contributed by atoms with Crippen LogP contribution in [0.1, 0.15) is 25.3 Å². The second-order valence-corrected chi connectivity index (χ2v) is 5.24. The summed E-state index contributed by atoms with van der Waals surface area (Å²) in [6.45, 7) is 4.63. The van der Waals surface area contributed by atoms with Crippen LogP contribution in [0, 0.1) is 6.92 Å². The zero-order valence-corrected chi connectivity index (χ0v) is 13.2. The van der Waals surface area contributed by atoms with Crippen molar-refractivity contribution in [3.8, 4) is 0 Å². The first-order chi connectivity index (χ1) is 9.60. The van der Waals surface area contributed by atoms with E-state index in [-0.39, 0.29) is 5.63 Å². The monoisotopic (exact) mass is 338 g/mol. The first-order valence-corrected chi connectivity index (χ1v) is 7.39. The van der Waals surface area contributed by atoms with Crippen LogP contribution >= 0.6 is 0 Å². The minimum absolute atomic E-state index is 0.349. The van der Waals surface area contributed by atoms with Gasteiger partial charge in [0.2, 0.25) is 0 Å². The first-order valence-electron chi connectivity index (χ1n) is 6.53. The maximum atomic E-state index is 11.4. The van der Waals surface area contributed by atoms with Crippen molar-refractivity contribution in [2.75, 3.05) is 6.61 Å². The molecule has 105 valence electrons. The second-order valence-electron chi connectivity index (χ2n) is 4.51. The van der Waals surface area contributed by atoms with Crippen molar-refractivity contribution in [3.05, 3.63) is 40.2 Å². The quantitative estimate of drug-likeness (QED) is 0.283. The molecule has 0 aliphatic rings. The van der Waals surface area contributed by atoms with Crippen molar-refractivity contribution in [3.63, 3.8) is 0 Å². The SMILES string of the molecule is CCCCOC([Se])=Nc1ccc2c(C)cc(=O)oc2c1. The number of rotatable bonds is 4. The molecule has 4 nitrogen and oxygen atoms in total. The van der Waals surface area contributed by atoms with E-state index in [1.165, 1.54) is 6.07 Å². The molecule has 1 aromatic heterocycles. The molecule has 1 radical (unpaired) electrons. The second kappa shape index (κ2) is 6.73. The number of hydrogen-bond acceptors (Lipinski definition) is 4. The van der Waals surface area contributed by atoms with E-state index in [0.29, 0.717) is 22.7 Å². The Labute approximate surface area is 125 Å². The van der Waals surface area contributed by atoms with Crippen molar-refractivity contribution in [2.45, 2.75) is 26.7 Å². The van der Waals surface area contributed by atoms with Crippen molar-refractivity contribution in [1.82, 2.24) is 0 Å². The fourth-order valence-corrected chi connectivity index (χ4v) is 2.22. The normalized spacial score (nSPS) is 11.8. The van der Waals surface area contributed by atoms with Gasteiger partial charge in [-0.05, 0) is 0 Å². The Morgan fingerprint density at radius 3 is 2.95 bits per heavy atom. The average Bonchev–Trinajstić information content (AvgIpc) is 2.38. The summed E-state index contributed by atoms with van der Waals surface area (Å²) in [6, 6.07) is 6.99.